The predicted molar refractivity (Wildman–Crippen MR) is 127 cm³/mol. The van der Waals surface area contributed by atoms with Gasteiger partial charge >= 0.3 is 5.97 Å². The van der Waals surface area contributed by atoms with Crippen molar-refractivity contribution in [3.63, 3.8) is 0 Å². The fraction of sp³-hybridized carbons (Fsp3) is 0.417. The summed E-state index contributed by atoms with van der Waals surface area (Å²) >= 11 is 6.35. The van der Waals surface area contributed by atoms with Crippen LogP contribution in [0.1, 0.15) is 38.7 Å². The fourth-order valence-corrected chi connectivity index (χ4v) is 5.38. The van der Waals surface area contributed by atoms with Crippen LogP contribution in [0.3, 0.4) is 0 Å². The number of hydrogen-bond donors (Lipinski definition) is 4. The molecule has 33 heavy (non-hydrogen) atoms. The Morgan fingerprint density at radius 1 is 1.27 bits per heavy atom. The van der Waals surface area contributed by atoms with Crippen molar-refractivity contribution in [2.75, 3.05) is 16.0 Å². The highest BCUT2D eigenvalue weighted by molar-refractivity contribution is 6.32. The van der Waals surface area contributed by atoms with Gasteiger partial charge in [-0.2, -0.15) is 4.98 Å². The first-order valence-corrected chi connectivity index (χ1v) is 11.5. The van der Waals surface area contributed by atoms with Gasteiger partial charge < -0.3 is 21.1 Å². The number of aromatic nitrogens is 2. The number of fused-ring (bicyclic) bond motifs is 3. The van der Waals surface area contributed by atoms with Gasteiger partial charge in [0.05, 0.1) is 12.1 Å². The number of carboxylic acids is 1. The molecule has 172 valence electrons. The van der Waals surface area contributed by atoms with Crippen LogP contribution in [0.4, 0.5) is 23.1 Å². The summed E-state index contributed by atoms with van der Waals surface area (Å²) < 4.78 is 0. The second-order valence-electron chi connectivity index (χ2n) is 9.69. The number of carboxylic acid groups (broad SMARTS) is 1. The molecule has 0 spiro atoms. The van der Waals surface area contributed by atoms with E-state index in [9.17, 15) is 14.7 Å². The lowest BCUT2D eigenvalue weighted by atomic mass is 9.80. The highest BCUT2D eigenvalue weighted by Crippen LogP contribution is 2.45. The molecule has 0 radical (unpaired) electrons. The van der Waals surface area contributed by atoms with Gasteiger partial charge in [-0.25, -0.2) is 4.98 Å². The average molecular weight is 468 g/mol. The van der Waals surface area contributed by atoms with Crippen molar-refractivity contribution in [2.24, 2.45) is 17.8 Å². The second-order valence-corrected chi connectivity index (χ2v) is 10.1. The van der Waals surface area contributed by atoms with Crippen molar-refractivity contribution in [3.05, 3.63) is 47.1 Å². The molecule has 4 N–H and O–H groups in total. The van der Waals surface area contributed by atoms with E-state index in [0.717, 1.165) is 29.8 Å². The van der Waals surface area contributed by atoms with E-state index in [0.29, 0.717) is 23.2 Å². The fourth-order valence-electron chi connectivity index (χ4n) is 5.24. The van der Waals surface area contributed by atoms with Gasteiger partial charge in [0.1, 0.15) is 5.02 Å². The Morgan fingerprint density at radius 3 is 2.85 bits per heavy atom. The van der Waals surface area contributed by atoms with Gasteiger partial charge in [-0.1, -0.05) is 37.6 Å². The summed E-state index contributed by atoms with van der Waals surface area (Å²) in [4.78, 5) is 32.7. The Balaban J connectivity index is 1.39. The number of aliphatic carboxylic acids is 1. The van der Waals surface area contributed by atoms with Crippen molar-refractivity contribution in [1.82, 2.24) is 9.97 Å². The molecule has 9 heteroatoms. The molecule has 2 heterocycles. The smallest absolute Gasteiger partial charge is 0.309 e. The third kappa shape index (κ3) is 4.04. The Hall–Kier alpha value is -3.13. The van der Waals surface area contributed by atoms with E-state index in [-0.39, 0.29) is 29.2 Å². The molecule has 5 rings (SSSR count). The van der Waals surface area contributed by atoms with Gasteiger partial charge in [0.2, 0.25) is 11.9 Å². The summed E-state index contributed by atoms with van der Waals surface area (Å²) in [5.41, 5.74) is 2.48. The lowest BCUT2D eigenvalue weighted by molar-refractivity contribution is -0.142. The number of anilines is 4. The van der Waals surface area contributed by atoms with E-state index in [2.05, 4.69) is 45.8 Å². The van der Waals surface area contributed by atoms with Gasteiger partial charge in [-0.3, -0.25) is 9.59 Å². The van der Waals surface area contributed by atoms with Crippen molar-refractivity contribution < 1.29 is 14.7 Å². The molecule has 4 atom stereocenters. The molecule has 0 saturated heterocycles. The molecule has 1 fully saturated rings. The van der Waals surface area contributed by atoms with E-state index >= 15 is 0 Å². The van der Waals surface area contributed by atoms with Crippen molar-refractivity contribution in [2.45, 2.75) is 44.6 Å². The summed E-state index contributed by atoms with van der Waals surface area (Å²) in [6.07, 6.45) is 7.64. The Kier molecular flexibility index (Phi) is 5.28. The zero-order valence-electron chi connectivity index (χ0n) is 18.4. The normalized spacial score (nSPS) is 26.9. The minimum absolute atomic E-state index is 0.0226. The van der Waals surface area contributed by atoms with Crippen LogP contribution in [0, 0.1) is 17.8 Å². The van der Waals surface area contributed by atoms with Gasteiger partial charge in [-0.05, 0) is 53.9 Å². The third-order valence-electron chi connectivity index (χ3n) is 7.05. The van der Waals surface area contributed by atoms with Crippen LogP contribution in [0.25, 0.3) is 0 Å². The number of nitrogens with one attached hydrogen (secondary N) is 3. The molecular weight excluding hydrogens is 442 g/mol. The number of halogens is 1. The molecule has 2 bridgehead atoms. The maximum atomic E-state index is 12.0. The molecule has 1 aromatic heterocycles. The Labute approximate surface area is 196 Å². The first kappa shape index (κ1) is 21.7. The van der Waals surface area contributed by atoms with Crippen LogP contribution in [-0.4, -0.2) is 33.0 Å². The van der Waals surface area contributed by atoms with E-state index < -0.39 is 11.9 Å². The summed E-state index contributed by atoms with van der Waals surface area (Å²) in [7, 11) is 0. The van der Waals surface area contributed by atoms with Gasteiger partial charge in [0.15, 0.2) is 5.82 Å². The molecule has 1 aromatic carbocycles. The van der Waals surface area contributed by atoms with E-state index in [4.69, 9.17) is 11.6 Å². The minimum atomic E-state index is -0.812. The van der Waals surface area contributed by atoms with E-state index in [1.54, 1.807) is 0 Å². The lowest BCUT2D eigenvalue weighted by Crippen LogP contribution is -2.38. The monoisotopic (exact) mass is 467 g/mol. The minimum Gasteiger partial charge on any atom is -0.481 e. The SMILES string of the molecule is CC1(C)CCC(=O)Nc2ccc(Nc3ncc(Cl)c(NC4C5C=CC(C5)C4C(=O)O)n3)cc21. The Morgan fingerprint density at radius 2 is 2.06 bits per heavy atom. The molecule has 1 aliphatic heterocycles. The number of hydrogen-bond acceptors (Lipinski definition) is 6. The van der Waals surface area contributed by atoms with Crippen LogP contribution in [0.5, 0.6) is 0 Å². The van der Waals surface area contributed by atoms with Crippen molar-refractivity contribution in [1.29, 1.82) is 0 Å². The summed E-state index contributed by atoms with van der Waals surface area (Å²) in [5, 5.41) is 19.5. The molecule has 1 amide bonds. The van der Waals surface area contributed by atoms with Gasteiger partial charge in [-0.15, -0.1) is 0 Å². The number of carbonyl (C=O) groups excluding carboxylic acids is 1. The van der Waals surface area contributed by atoms with E-state index in [1.807, 2.05) is 24.3 Å². The molecule has 2 aromatic rings. The van der Waals surface area contributed by atoms with Crippen LogP contribution >= 0.6 is 11.6 Å². The van der Waals surface area contributed by atoms with Crippen LogP contribution in [-0.2, 0) is 15.0 Å². The molecule has 4 unspecified atom stereocenters. The number of allylic oxidation sites excluding steroid dienone is 1. The molecule has 8 nitrogen and oxygen atoms in total. The van der Waals surface area contributed by atoms with E-state index in [1.165, 1.54) is 6.20 Å². The number of amides is 1. The number of rotatable bonds is 5. The molecule has 2 aliphatic carbocycles. The molecule has 1 saturated carbocycles. The molecule has 3 aliphatic rings. The first-order chi connectivity index (χ1) is 15.7. The number of benzene rings is 1. The van der Waals surface area contributed by atoms with Crippen molar-refractivity contribution >= 4 is 46.6 Å². The van der Waals surface area contributed by atoms with Crippen molar-refractivity contribution in [3.8, 4) is 0 Å². The van der Waals surface area contributed by atoms with Crippen LogP contribution < -0.4 is 16.0 Å². The quantitative estimate of drug-likeness (QED) is 0.476. The second kappa shape index (κ2) is 8.02. The predicted octanol–water partition coefficient (Wildman–Crippen LogP) is 4.57. The lowest BCUT2D eigenvalue weighted by Gasteiger charge is -2.27. The maximum absolute atomic E-state index is 12.0. The third-order valence-corrected chi connectivity index (χ3v) is 7.32. The topological polar surface area (TPSA) is 116 Å². The summed E-state index contributed by atoms with van der Waals surface area (Å²) in [5.74, 6) is -0.366. The zero-order chi connectivity index (χ0) is 23.3. The van der Waals surface area contributed by atoms with Gasteiger partial charge in [0.25, 0.3) is 0 Å². The van der Waals surface area contributed by atoms with Crippen LogP contribution in [0.2, 0.25) is 5.02 Å². The first-order valence-electron chi connectivity index (χ1n) is 11.1. The maximum Gasteiger partial charge on any atom is 0.309 e. The van der Waals surface area contributed by atoms with Gasteiger partial charge in [0, 0.05) is 23.8 Å². The summed E-state index contributed by atoms with van der Waals surface area (Å²) in [6, 6.07) is 5.49. The highest BCUT2D eigenvalue weighted by Gasteiger charge is 2.48. The van der Waals surface area contributed by atoms with Crippen LogP contribution in [0.15, 0.2) is 36.5 Å². The summed E-state index contributed by atoms with van der Waals surface area (Å²) in [6.45, 7) is 4.25. The largest absolute Gasteiger partial charge is 0.481 e. The Bertz CT molecular complexity index is 1160. The highest BCUT2D eigenvalue weighted by atomic mass is 35.5. The zero-order valence-corrected chi connectivity index (χ0v) is 19.2. The number of carbonyl (C=O) groups is 2. The average Bonchev–Trinajstić information content (AvgIpc) is 3.34. The molecular formula is C24H26ClN5O3. The standard InChI is InChI=1S/C24H26ClN5O3/c1-24(2)8-7-18(31)28-17-6-5-14(10-15(17)24)27-23-26-11-16(25)21(30-23)29-20-13-4-3-12(9-13)19(20)22(32)33/h3-6,10-13,19-20H,7-9H2,1-2H3,(H,28,31)(H,32,33)(H2,26,27,29,30). The number of nitrogens with zero attached hydrogens (tertiary/aromatic N) is 2.